The molecule has 0 radical (unpaired) electrons. The summed E-state index contributed by atoms with van der Waals surface area (Å²) in [5.74, 6) is 0. The van der Waals surface area contributed by atoms with Gasteiger partial charge in [0.2, 0.25) is 6.23 Å². The summed E-state index contributed by atoms with van der Waals surface area (Å²) in [4.78, 5) is 0. The monoisotopic (exact) mass is 163 g/mol. The topological polar surface area (TPSA) is 52.5 Å². The average Bonchev–Trinajstić information content (AvgIpc) is 1.86. The van der Waals surface area contributed by atoms with Crippen LogP contribution >= 0.6 is 0 Å². The van der Waals surface area contributed by atoms with Gasteiger partial charge in [0.05, 0.1) is 14.1 Å². The van der Waals surface area contributed by atoms with Crippen molar-refractivity contribution >= 4 is 0 Å². The number of rotatable bonds is 4. The van der Waals surface area contributed by atoms with E-state index in [9.17, 15) is 10.2 Å². The molecular formula is C7H19N2O2+. The molecule has 0 aromatic carbocycles. The van der Waals surface area contributed by atoms with Gasteiger partial charge in [0, 0.05) is 6.92 Å². The van der Waals surface area contributed by atoms with Crippen LogP contribution in [0.5, 0.6) is 0 Å². The molecule has 0 amide bonds. The zero-order valence-corrected chi connectivity index (χ0v) is 7.70. The lowest BCUT2D eigenvalue weighted by atomic mass is 10.4. The second kappa shape index (κ2) is 4.01. The van der Waals surface area contributed by atoms with Crippen LogP contribution in [0.25, 0.3) is 0 Å². The highest BCUT2D eigenvalue weighted by Gasteiger charge is 2.23. The summed E-state index contributed by atoms with van der Waals surface area (Å²) in [6, 6.07) is 0. The Balaban J connectivity index is 3.90. The minimum absolute atomic E-state index is 0.203. The van der Waals surface area contributed by atoms with Crippen molar-refractivity contribution in [1.29, 1.82) is 0 Å². The van der Waals surface area contributed by atoms with Crippen LogP contribution in [0.2, 0.25) is 0 Å². The van der Waals surface area contributed by atoms with Crippen molar-refractivity contribution in [2.24, 2.45) is 0 Å². The molecule has 0 aliphatic heterocycles. The average molecular weight is 163 g/mol. The Morgan fingerprint density at radius 1 is 1.36 bits per heavy atom. The van der Waals surface area contributed by atoms with Crippen molar-refractivity contribution in [2.45, 2.75) is 32.7 Å². The Labute approximate surface area is 68.0 Å². The van der Waals surface area contributed by atoms with E-state index < -0.39 is 12.5 Å². The maximum atomic E-state index is 9.22. The highest BCUT2D eigenvalue weighted by atomic mass is 16.3. The van der Waals surface area contributed by atoms with Gasteiger partial charge in [0.15, 0.2) is 0 Å². The predicted molar refractivity (Wildman–Crippen MR) is 43.2 cm³/mol. The van der Waals surface area contributed by atoms with Crippen LogP contribution in [-0.4, -0.2) is 41.4 Å². The Morgan fingerprint density at radius 3 is 2.09 bits per heavy atom. The molecule has 4 nitrogen and oxygen atoms in total. The highest BCUT2D eigenvalue weighted by Crippen LogP contribution is 2.00. The third-order valence-corrected chi connectivity index (χ3v) is 1.80. The highest BCUT2D eigenvalue weighted by molar-refractivity contribution is 4.38. The summed E-state index contributed by atoms with van der Waals surface area (Å²) in [5, 5.41) is 18.4. The molecule has 0 aliphatic rings. The van der Waals surface area contributed by atoms with Gasteiger partial charge in [-0.15, -0.1) is 5.43 Å². The van der Waals surface area contributed by atoms with Crippen molar-refractivity contribution in [3.8, 4) is 0 Å². The van der Waals surface area contributed by atoms with Crippen LogP contribution in [0, 0.1) is 0 Å². The summed E-state index contributed by atoms with van der Waals surface area (Å²) in [6.45, 7) is 3.55. The van der Waals surface area contributed by atoms with Gasteiger partial charge in [-0.1, -0.05) is 6.92 Å². The Hall–Kier alpha value is -0.160. The molecule has 0 aromatic rings. The molecule has 0 saturated heterocycles. The summed E-state index contributed by atoms with van der Waals surface area (Å²) >= 11 is 0. The molecule has 0 aromatic heterocycles. The van der Waals surface area contributed by atoms with E-state index in [0.29, 0.717) is 6.42 Å². The molecule has 0 fully saturated rings. The maximum Gasteiger partial charge on any atom is 0.205 e. The number of hydrogen-bond acceptors (Lipinski definition) is 3. The molecule has 3 N–H and O–H groups in total. The molecule has 2 atom stereocenters. The van der Waals surface area contributed by atoms with Crippen molar-refractivity contribution in [3.63, 3.8) is 0 Å². The fourth-order valence-corrected chi connectivity index (χ4v) is 0.583. The first kappa shape index (κ1) is 10.8. The summed E-state index contributed by atoms with van der Waals surface area (Å²) < 4.78 is 0.203. The van der Waals surface area contributed by atoms with Crippen LogP contribution in [0.15, 0.2) is 0 Å². The van der Waals surface area contributed by atoms with E-state index >= 15 is 0 Å². The first-order valence-electron chi connectivity index (χ1n) is 3.87. The quantitative estimate of drug-likeness (QED) is 0.301. The van der Waals surface area contributed by atoms with E-state index in [4.69, 9.17) is 0 Å². The maximum absolute atomic E-state index is 9.22. The van der Waals surface area contributed by atoms with Gasteiger partial charge >= 0.3 is 0 Å². The largest absolute Gasteiger partial charge is 0.374 e. The number of aliphatic hydroxyl groups excluding tert-OH is 2. The van der Waals surface area contributed by atoms with Crippen LogP contribution in [-0.2, 0) is 0 Å². The molecule has 11 heavy (non-hydrogen) atoms. The van der Waals surface area contributed by atoms with Crippen LogP contribution in [0.3, 0.4) is 0 Å². The lowest BCUT2D eigenvalue weighted by Crippen LogP contribution is -2.60. The normalized spacial score (nSPS) is 18.0. The molecule has 4 heteroatoms. The van der Waals surface area contributed by atoms with Crippen molar-refractivity contribution in [2.75, 3.05) is 14.1 Å². The van der Waals surface area contributed by atoms with Gasteiger partial charge in [0.25, 0.3) is 0 Å². The Kier molecular flexibility index (Phi) is 3.96. The van der Waals surface area contributed by atoms with Gasteiger partial charge in [-0.2, -0.15) is 0 Å². The first-order chi connectivity index (χ1) is 4.90. The number of nitrogens with zero attached hydrogens (tertiary/aromatic N) is 1. The standard InChI is InChI=1S/C7H19N2O2/c1-5-7(11)8-9(3,4)6(2)10/h6-8,10-11H,5H2,1-4H3/q+1. The van der Waals surface area contributed by atoms with Gasteiger partial charge in [-0.3, -0.25) is 0 Å². The first-order valence-corrected chi connectivity index (χ1v) is 3.87. The minimum Gasteiger partial charge on any atom is -0.374 e. The predicted octanol–water partition coefficient (Wildman–Crippen LogP) is -0.366. The van der Waals surface area contributed by atoms with E-state index in [1.54, 1.807) is 21.0 Å². The molecule has 2 unspecified atom stereocenters. The number of aliphatic hydroxyl groups is 2. The van der Waals surface area contributed by atoms with Crippen molar-refractivity contribution in [1.82, 2.24) is 5.43 Å². The third-order valence-electron chi connectivity index (χ3n) is 1.80. The SMILES string of the molecule is CCC(O)N[N+](C)(C)C(C)O. The number of hydrogen-bond donors (Lipinski definition) is 3. The number of quaternary nitrogens is 1. The van der Waals surface area contributed by atoms with E-state index in [2.05, 4.69) is 5.43 Å². The molecule has 0 spiro atoms. The fraction of sp³-hybridized carbons (Fsp3) is 1.00. The van der Waals surface area contributed by atoms with Gasteiger partial charge in [-0.05, 0) is 6.42 Å². The smallest absolute Gasteiger partial charge is 0.205 e. The van der Waals surface area contributed by atoms with Gasteiger partial charge in [0.1, 0.15) is 6.23 Å². The molecular weight excluding hydrogens is 144 g/mol. The molecule has 68 valence electrons. The fourth-order valence-electron chi connectivity index (χ4n) is 0.583. The lowest BCUT2D eigenvalue weighted by molar-refractivity contribution is -0.980. The lowest BCUT2D eigenvalue weighted by Gasteiger charge is -2.33. The molecule has 0 saturated carbocycles. The van der Waals surface area contributed by atoms with Crippen LogP contribution in [0.1, 0.15) is 20.3 Å². The summed E-state index contributed by atoms with van der Waals surface area (Å²) in [6.07, 6.45) is -0.454. The second-order valence-corrected chi connectivity index (χ2v) is 3.22. The van der Waals surface area contributed by atoms with Crippen LogP contribution in [0.4, 0.5) is 0 Å². The van der Waals surface area contributed by atoms with E-state index in [1.807, 2.05) is 6.92 Å². The summed E-state index contributed by atoms with van der Waals surface area (Å²) in [5.41, 5.74) is 2.85. The van der Waals surface area contributed by atoms with Gasteiger partial charge in [-0.25, -0.2) is 4.59 Å². The van der Waals surface area contributed by atoms with Crippen LogP contribution < -0.4 is 5.43 Å². The van der Waals surface area contributed by atoms with E-state index in [1.165, 1.54) is 0 Å². The minimum atomic E-state index is -0.556. The number of nitrogens with one attached hydrogen (secondary N) is 1. The van der Waals surface area contributed by atoms with Crippen molar-refractivity contribution in [3.05, 3.63) is 0 Å². The Morgan fingerprint density at radius 2 is 1.82 bits per heavy atom. The van der Waals surface area contributed by atoms with E-state index in [-0.39, 0.29) is 4.59 Å². The zero-order chi connectivity index (χ0) is 9.07. The zero-order valence-electron chi connectivity index (χ0n) is 7.70. The third kappa shape index (κ3) is 3.67. The van der Waals surface area contributed by atoms with E-state index in [0.717, 1.165) is 0 Å². The van der Waals surface area contributed by atoms with Crippen molar-refractivity contribution < 1.29 is 14.8 Å². The Bertz CT molecular complexity index is 115. The summed E-state index contributed by atoms with van der Waals surface area (Å²) in [7, 11) is 3.59. The second-order valence-electron chi connectivity index (χ2n) is 3.22. The van der Waals surface area contributed by atoms with Gasteiger partial charge < -0.3 is 10.2 Å². The molecule has 0 rings (SSSR count). The molecule has 0 aliphatic carbocycles. The molecule has 0 bridgehead atoms. The molecule has 0 heterocycles.